The molecule has 0 aliphatic rings. The second-order valence-electron chi connectivity index (χ2n) is 0. The van der Waals surface area contributed by atoms with Gasteiger partial charge in [0.15, 0.2) is 17.4 Å². The van der Waals surface area contributed by atoms with Crippen molar-refractivity contribution in [2.24, 2.45) is 0 Å². The summed E-state index contributed by atoms with van der Waals surface area (Å²) in [6.07, 6.45) is 0. The molecule has 0 spiro atoms. The summed E-state index contributed by atoms with van der Waals surface area (Å²) in [6, 6.07) is 0. The molecule has 0 rings (SSSR count). The standard InChI is InChI=1S/Al.HOP.H4Si.Ti.3H/c;1-2;;;;;/h;2H;1H4;;;;. The van der Waals surface area contributed by atoms with E-state index < -0.39 is 0 Å². The van der Waals surface area contributed by atoms with Crippen molar-refractivity contribution in [3.63, 3.8) is 0 Å². The Kier molecular flexibility index (Phi) is 293. The van der Waals surface area contributed by atoms with Gasteiger partial charge in [-0.15, -0.1) is 0 Å². The third kappa shape index (κ3) is 28.9. The van der Waals surface area contributed by atoms with Gasteiger partial charge in [0.1, 0.15) is 9.12 Å². The SMILES string of the molecule is O=P.[AlH3].[SiH4].[Ti]. The first-order valence-corrected chi connectivity index (χ1v) is 0.612. The van der Waals surface area contributed by atoms with Gasteiger partial charge in [0, 0.05) is 21.7 Å². The van der Waals surface area contributed by atoms with Gasteiger partial charge in [0.05, 0.1) is 0 Å². The van der Waals surface area contributed by atoms with E-state index in [0.29, 0.717) is 0 Å². The van der Waals surface area contributed by atoms with E-state index >= 15 is 0 Å². The summed E-state index contributed by atoms with van der Waals surface area (Å²) >= 11 is 0. The Morgan fingerprint density at radius 3 is 1.20 bits per heavy atom. The van der Waals surface area contributed by atoms with Crippen LogP contribution in [0.15, 0.2) is 0 Å². The first-order chi connectivity index (χ1) is 1.00. The molecule has 0 bridgehead atoms. The Hall–Kier alpha value is 1.56. The normalized spacial score (nSPS) is 0.800. The van der Waals surface area contributed by atoms with Gasteiger partial charge < -0.3 is 0 Å². The largest absolute Gasteiger partial charge is 0.279 e. The molecule has 0 aliphatic carbocycles. The summed E-state index contributed by atoms with van der Waals surface area (Å²) in [5.41, 5.74) is 0. The van der Waals surface area contributed by atoms with Crippen molar-refractivity contribution in [2.45, 2.75) is 0 Å². The van der Waals surface area contributed by atoms with E-state index in [1.54, 1.807) is 9.12 Å². The fourth-order valence-electron chi connectivity index (χ4n) is 0. The van der Waals surface area contributed by atoms with Gasteiger partial charge in [-0.05, 0) is 11.0 Å². The molecule has 0 heterocycles. The number of rotatable bonds is 0. The predicted molar refractivity (Wildman–Crippen MR) is 30.3 cm³/mol. The Morgan fingerprint density at radius 1 is 1.20 bits per heavy atom. The van der Waals surface area contributed by atoms with E-state index in [9.17, 15) is 0 Å². The minimum atomic E-state index is 0. The zero-order valence-corrected chi connectivity index (χ0v) is 3.97. The molecule has 0 aliphatic heterocycles. The van der Waals surface area contributed by atoms with Crippen LogP contribution in [-0.2, 0) is 26.3 Å². The zero-order chi connectivity index (χ0) is 2.00. The predicted octanol–water partition coefficient (Wildman–Crippen LogP) is -2.16. The molecule has 0 atom stereocenters. The van der Waals surface area contributed by atoms with Crippen LogP contribution in [0.1, 0.15) is 0 Å². The number of hydrogen-bond donors (Lipinski definition) is 0. The van der Waals surface area contributed by atoms with Crippen molar-refractivity contribution < 1.29 is 26.3 Å². The molecule has 5 heavy (non-hydrogen) atoms. The smallest absolute Gasteiger partial charge is 0.187 e. The van der Waals surface area contributed by atoms with Crippen molar-refractivity contribution in [3.05, 3.63) is 0 Å². The van der Waals surface area contributed by atoms with E-state index in [4.69, 9.17) is 4.57 Å². The molecule has 1 nitrogen and oxygen atoms in total. The quantitative estimate of drug-likeness (QED) is 0.290. The van der Waals surface area contributed by atoms with Crippen LogP contribution >= 0.6 is 9.12 Å². The van der Waals surface area contributed by atoms with Crippen molar-refractivity contribution in [3.8, 4) is 0 Å². The van der Waals surface area contributed by atoms with Crippen LogP contribution in [0.5, 0.6) is 0 Å². The molecule has 0 N–H and O–H groups in total. The van der Waals surface area contributed by atoms with Crippen LogP contribution in [0.2, 0.25) is 0 Å². The van der Waals surface area contributed by atoms with Crippen LogP contribution in [0.25, 0.3) is 0 Å². The Balaban J connectivity index is -0.00000000167. The average molecular weight is 158 g/mol. The molecular formula is H8AlOPSiTi. The molecule has 0 radical (unpaired) electrons. The summed E-state index contributed by atoms with van der Waals surface area (Å²) in [6.45, 7) is 0. The molecule has 0 fully saturated rings. The minimum absolute atomic E-state index is 0. The Morgan fingerprint density at radius 2 is 1.20 bits per heavy atom. The van der Waals surface area contributed by atoms with Gasteiger partial charge in [-0.3, -0.25) is 4.57 Å². The molecule has 0 amide bonds. The first kappa shape index (κ1) is 30.9. The fraction of sp³-hybridized carbons (Fsp3) is 0. The van der Waals surface area contributed by atoms with Crippen LogP contribution in [0.4, 0.5) is 0 Å². The molecule has 0 aromatic carbocycles. The van der Waals surface area contributed by atoms with Crippen molar-refractivity contribution >= 4 is 37.4 Å². The van der Waals surface area contributed by atoms with E-state index in [2.05, 4.69) is 0 Å². The molecule has 0 saturated heterocycles. The molecule has 30 valence electrons. The van der Waals surface area contributed by atoms with Crippen LogP contribution < -0.4 is 0 Å². The summed E-state index contributed by atoms with van der Waals surface area (Å²) in [5, 5.41) is 0. The molecule has 0 unspecified atom stereocenters. The van der Waals surface area contributed by atoms with Crippen molar-refractivity contribution in [2.75, 3.05) is 0 Å². The van der Waals surface area contributed by atoms with Crippen LogP contribution in [0.3, 0.4) is 0 Å². The third-order valence-electron chi connectivity index (χ3n) is 0. The number of hydrogen-bond acceptors (Lipinski definition) is 1. The van der Waals surface area contributed by atoms with Gasteiger partial charge in [-0.2, -0.15) is 0 Å². The fourth-order valence-corrected chi connectivity index (χ4v) is 0. The summed E-state index contributed by atoms with van der Waals surface area (Å²) in [4.78, 5) is 0. The van der Waals surface area contributed by atoms with Gasteiger partial charge in [0.2, 0.25) is 0 Å². The molecule has 0 aromatic rings. The average Bonchev–Trinajstić information content (AvgIpc) is 1.00. The van der Waals surface area contributed by atoms with Gasteiger partial charge >= 0.3 is 0 Å². The van der Waals surface area contributed by atoms with Crippen LogP contribution in [0, 0.1) is 0 Å². The summed E-state index contributed by atoms with van der Waals surface area (Å²) < 4.78 is 8.06. The zero-order valence-electron chi connectivity index (χ0n) is 1.41. The van der Waals surface area contributed by atoms with Gasteiger partial charge in [-0.25, -0.2) is 0 Å². The summed E-state index contributed by atoms with van der Waals surface area (Å²) in [5.74, 6) is 0. The molecule has 0 aromatic heterocycles. The van der Waals surface area contributed by atoms with Gasteiger partial charge in [-0.1, -0.05) is 0 Å². The molecule has 5 heteroatoms. The van der Waals surface area contributed by atoms with Crippen molar-refractivity contribution in [1.82, 2.24) is 0 Å². The topological polar surface area (TPSA) is 17.1 Å². The van der Waals surface area contributed by atoms with Crippen molar-refractivity contribution in [1.29, 1.82) is 0 Å². The maximum Gasteiger partial charge on any atom is 0.187 e. The Labute approximate surface area is 63.6 Å². The van der Waals surface area contributed by atoms with E-state index in [-0.39, 0.29) is 50.0 Å². The summed E-state index contributed by atoms with van der Waals surface area (Å²) in [7, 11) is 1.72. The monoisotopic (exact) mass is 158 g/mol. The second kappa shape index (κ2) is 47.4. The Bertz CT molecular complexity index is 11.6. The molecular weight excluding hydrogens is 150 g/mol. The van der Waals surface area contributed by atoms with E-state index in [1.807, 2.05) is 0 Å². The maximum absolute atomic E-state index is 8.06. The minimum Gasteiger partial charge on any atom is -0.279 e. The maximum atomic E-state index is 8.06. The van der Waals surface area contributed by atoms with E-state index in [1.165, 1.54) is 0 Å². The van der Waals surface area contributed by atoms with E-state index in [0.717, 1.165) is 0 Å². The first-order valence-electron chi connectivity index (χ1n) is 0.204. The van der Waals surface area contributed by atoms with Gasteiger partial charge in [0.25, 0.3) is 0 Å². The second-order valence-corrected chi connectivity index (χ2v) is 0. The van der Waals surface area contributed by atoms with Crippen LogP contribution in [-0.4, -0.2) is 28.3 Å². The third-order valence-corrected chi connectivity index (χ3v) is 0. The molecule has 0 saturated carbocycles.